The molecule has 100 valence electrons. The number of ether oxygens (including phenoxy) is 1. The van der Waals surface area contributed by atoms with E-state index in [9.17, 15) is 8.42 Å². The van der Waals surface area contributed by atoms with Crippen LogP contribution in [-0.2, 0) is 14.8 Å². The van der Waals surface area contributed by atoms with Crippen LogP contribution in [0.3, 0.4) is 0 Å². The van der Waals surface area contributed by atoms with Crippen LogP contribution in [0.25, 0.3) is 0 Å². The Labute approximate surface area is 116 Å². The zero-order valence-electron chi connectivity index (χ0n) is 10.1. The number of hydrogen-bond donors (Lipinski definition) is 1. The van der Waals surface area contributed by atoms with Crippen molar-refractivity contribution >= 4 is 31.6 Å². The summed E-state index contributed by atoms with van der Waals surface area (Å²) in [6.07, 6.45) is 1.59. The van der Waals surface area contributed by atoms with Crippen LogP contribution in [0.5, 0.6) is 0 Å². The monoisotopic (exact) mass is 333 g/mol. The molecule has 0 bridgehead atoms. The lowest BCUT2D eigenvalue weighted by atomic mass is 10.2. The van der Waals surface area contributed by atoms with Crippen molar-refractivity contribution in [1.82, 2.24) is 0 Å². The number of rotatable bonds is 4. The predicted octanol–water partition coefficient (Wildman–Crippen LogP) is 2.68. The first kappa shape index (κ1) is 13.8. The van der Waals surface area contributed by atoms with Gasteiger partial charge in [0.2, 0.25) is 10.0 Å². The summed E-state index contributed by atoms with van der Waals surface area (Å²) in [4.78, 5) is 0. The summed E-state index contributed by atoms with van der Waals surface area (Å²) in [6.45, 7) is 2.53. The highest BCUT2D eigenvalue weighted by Crippen LogP contribution is 2.25. The standard InChI is InChI=1S/C12H16BrNO3S/c1-9-11(13)5-2-6-12(9)14-18(15,16)8-10-4-3-7-17-10/h2,5-6,10,14H,3-4,7-8H2,1H3. The van der Waals surface area contributed by atoms with Crippen LogP contribution >= 0.6 is 15.9 Å². The van der Waals surface area contributed by atoms with E-state index in [1.165, 1.54) is 0 Å². The molecule has 18 heavy (non-hydrogen) atoms. The molecule has 0 aromatic heterocycles. The van der Waals surface area contributed by atoms with Gasteiger partial charge >= 0.3 is 0 Å². The Bertz CT molecular complexity index is 524. The van der Waals surface area contributed by atoms with E-state index in [0.717, 1.165) is 22.9 Å². The number of nitrogens with one attached hydrogen (secondary N) is 1. The fourth-order valence-corrected chi connectivity index (χ4v) is 3.71. The molecule has 0 amide bonds. The van der Waals surface area contributed by atoms with Gasteiger partial charge in [-0.15, -0.1) is 0 Å². The van der Waals surface area contributed by atoms with Crippen LogP contribution in [0, 0.1) is 6.92 Å². The Balaban J connectivity index is 2.09. The molecular weight excluding hydrogens is 318 g/mol. The molecule has 1 aromatic carbocycles. The Morgan fingerprint density at radius 2 is 2.28 bits per heavy atom. The molecule has 0 saturated carbocycles. The molecule has 1 aliphatic rings. The molecule has 1 saturated heterocycles. The van der Waals surface area contributed by atoms with Crippen molar-refractivity contribution in [2.75, 3.05) is 17.1 Å². The Morgan fingerprint density at radius 3 is 2.94 bits per heavy atom. The summed E-state index contributed by atoms with van der Waals surface area (Å²) in [7, 11) is -3.35. The second-order valence-electron chi connectivity index (χ2n) is 4.43. The lowest BCUT2D eigenvalue weighted by molar-refractivity contribution is 0.127. The summed E-state index contributed by atoms with van der Waals surface area (Å²) < 4.78 is 32.9. The molecule has 0 spiro atoms. The van der Waals surface area contributed by atoms with Gasteiger partial charge in [0.05, 0.1) is 17.5 Å². The topological polar surface area (TPSA) is 55.4 Å². The van der Waals surface area contributed by atoms with Crippen molar-refractivity contribution in [2.45, 2.75) is 25.9 Å². The molecule has 4 nitrogen and oxygen atoms in total. The third-order valence-corrected chi connectivity index (χ3v) is 5.16. The molecule has 1 aromatic rings. The molecule has 0 radical (unpaired) electrons. The normalized spacial score (nSPS) is 20.0. The van der Waals surface area contributed by atoms with E-state index >= 15 is 0 Å². The van der Waals surface area contributed by atoms with E-state index in [4.69, 9.17) is 4.74 Å². The maximum Gasteiger partial charge on any atom is 0.235 e. The maximum absolute atomic E-state index is 12.0. The highest BCUT2D eigenvalue weighted by Gasteiger charge is 2.23. The number of anilines is 1. The van der Waals surface area contributed by atoms with Gasteiger partial charge in [-0.2, -0.15) is 0 Å². The van der Waals surface area contributed by atoms with E-state index < -0.39 is 10.0 Å². The number of benzene rings is 1. The zero-order valence-corrected chi connectivity index (χ0v) is 12.6. The van der Waals surface area contributed by atoms with Crippen molar-refractivity contribution in [3.05, 3.63) is 28.2 Å². The molecule has 2 rings (SSSR count). The van der Waals surface area contributed by atoms with Gasteiger partial charge in [-0.3, -0.25) is 4.72 Å². The second-order valence-corrected chi connectivity index (χ2v) is 7.05. The summed E-state index contributed by atoms with van der Waals surface area (Å²) in [5.41, 5.74) is 1.50. The lowest BCUT2D eigenvalue weighted by Crippen LogP contribution is -2.26. The SMILES string of the molecule is Cc1c(Br)cccc1NS(=O)(=O)CC1CCCO1. The predicted molar refractivity (Wildman–Crippen MR) is 75.3 cm³/mol. The van der Waals surface area contributed by atoms with E-state index in [0.29, 0.717) is 12.3 Å². The molecule has 1 atom stereocenters. The van der Waals surface area contributed by atoms with Gasteiger partial charge in [-0.05, 0) is 37.5 Å². The van der Waals surface area contributed by atoms with Gasteiger partial charge in [0.1, 0.15) is 0 Å². The van der Waals surface area contributed by atoms with Gasteiger partial charge in [0.25, 0.3) is 0 Å². The van der Waals surface area contributed by atoms with Gasteiger partial charge in [0, 0.05) is 11.1 Å². The van der Waals surface area contributed by atoms with Gasteiger partial charge in [-0.25, -0.2) is 8.42 Å². The molecule has 1 heterocycles. The summed E-state index contributed by atoms with van der Waals surface area (Å²) in [5, 5.41) is 0. The molecule has 6 heteroatoms. The molecular formula is C12H16BrNO3S. The van der Waals surface area contributed by atoms with Crippen LogP contribution < -0.4 is 4.72 Å². The van der Waals surface area contributed by atoms with Crippen LogP contribution in [0.1, 0.15) is 18.4 Å². The van der Waals surface area contributed by atoms with Gasteiger partial charge in [0.15, 0.2) is 0 Å². The lowest BCUT2D eigenvalue weighted by Gasteiger charge is -2.14. The average molecular weight is 334 g/mol. The van der Waals surface area contributed by atoms with Crippen molar-refractivity contribution in [2.24, 2.45) is 0 Å². The summed E-state index contributed by atoms with van der Waals surface area (Å²) in [6, 6.07) is 5.45. The highest BCUT2D eigenvalue weighted by atomic mass is 79.9. The summed E-state index contributed by atoms with van der Waals surface area (Å²) in [5.74, 6) is 0.0267. The Hall–Kier alpha value is -0.590. The minimum absolute atomic E-state index is 0.0267. The van der Waals surface area contributed by atoms with Crippen molar-refractivity contribution < 1.29 is 13.2 Å². The van der Waals surface area contributed by atoms with E-state index in [-0.39, 0.29) is 11.9 Å². The minimum atomic E-state index is -3.35. The fraction of sp³-hybridized carbons (Fsp3) is 0.500. The Kier molecular flexibility index (Phi) is 4.29. The van der Waals surface area contributed by atoms with Crippen molar-refractivity contribution in [3.8, 4) is 0 Å². The second kappa shape index (κ2) is 5.59. The number of sulfonamides is 1. The first-order chi connectivity index (χ1) is 8.48. The molecule has 1 N–H and O–H groups in total. The maximum atomic E-state index is 12.0. The van der Waals surface area contributed by atoms with E-state index in [1.807, 2.05) is 13.0 Å². The number of halogens is 1. The highest BCUT2D eigenvalue weighted by molar-refractivity contribution is 9.10. The first-order valence-electron chi connectivity index (χ1n) is 5.85. The fourth-order valence-electron chi connectivity index (χ4n) is 1.95. The molecule has 1 aliphatic heterocycles. The molecule has 1 fully saturated rings. The zero-order chi connectivity index (χ0) is 13.2. The molecule has 1 unspecified atom stereocenters. The van der Waals surface area contributed by atoms with Crippen LogP contribution in [0.4, 0.5) is 5.69 Å². The van der Waals surface area contributed by atoms with Crippen LogP contribution in [0.15, 0.2) is 22.7 Å². The van der Waals surface area contributed by atoms with E-state index in [2.05, 4.69) is 20.7 Å². The van der Waals surface area contributed by atoms with Gasteiger partial charge in [-0.1, -0.05) is 22.0 Å². The third kappa shape index (κ3) is 3.46. The van der Waals surface area contributed by atoms with E-state index in [1.54, 1.807) is 12.1 Å². The summed E-state index contributed by atoms with van der Waals surface area (Å²) >= 11 is 3.38. The minimum Gasteiger partial charge on any atom is -0.377 e. The number of hydrogen-bond acceptors (Lipinski definition) is 3. The third-order valence-electron chi connectivity index (χ3n) is 2.96. The quantitative estimate of drug-likeness (QED) is 0.921. The smallest absolute Gasteiger partial charge is 0.235 e. The molecule has 0 aliphatic carbocycles. The average Bonchev–Trinajstić information content (AvgIpc) is 2.76. The van der Waals surface area contributed by atoms with Crippen molar-refractivity contribution in [3.63, 3.8) is 0 Å². The van der Waals surface area contributed by atoms with Gasteiger partial charge < -0.3 is 4.74 Å². The Morgan fingerprint density at radius 1 is 1.50 bits per heavy atom. The van der Waals surface area contributed by atoms with Crippen LogP contribution in [-0.4, -0.2) is 26.9 Å². The van der Waals surface area contributed by atoms with Crippen LogP contribution in [0.2, 0.25) is 0 Å². The largest absolute Gasteiger partial charge is 0.377 e. The van der Waals surface area contributed by atoms with Crippen molar-refractivity contribution in [1.29, 1.82) is 0 Å². The first-order valence-corrected chi connectivity index (χ1v) is 8.30.